The summed E-state index contributed by atoms with van der Waals surface area (Å²) in [6.07, 6.45) is 0. The van der Waals surface area contributed by atoms with Gasteiger partial charge in [0.15, 0.2) is 0 Å². The molecular formula is C22H16FNO3S. The van der Waals surface area contributed by atoms with Gasteiger partial charge in [-0.3, -0.25) is 9.59 Å². The van der Waals surface area contributed by atoms with E-state index < -0.39 is 23.5 Å². The molecule has 1 aliphatic heterocycles. The van der Waals surface area contributed by atoms with E-state index >= 15 is 0 Å². The van der Waals surface area contributed by atoms with Gasteiger partial charge in [-0.05, 0) is 29.1 Å². The Morgan fingerprint density at radius 2 is 1.71 bits per heavy atom. The standard InChI is InChI=1S/C22H16FNO3S/c23-16-10-8-14(9-11-16)19-18(20(25)15-5-2-1-3-6-15)21(26)22(27)24(19)13-17-7-4-12-28-17/h1-12,19,25H,13H2/b20-18-. The van der Waals surface area contributed by atoms with Crippen LogP contribution in [0.5, 0.6) is 0 Å². The number of nitrogens with zero attached hydrogens (tertiary/aromatic N) is 1. The lowest BCUT2D eigenvalue weighted by Crippen LogP contribution is -2.28. The highest BCUT2D eigenvalue weighted by Crippen LogP contribution is 2.40. The van der Waals surface area contributed by atoms with Gasteiger partial charge in [-0.1, -0.05) is 48.5 Å². The molecule has 1 fully saturated rings. The van der Waals surface area contributed by atoms with E-state index in [-0.39, 0.29) is 17.9 Å². The number of amides is 1. The molecule has 0 aliphatic carbocycles. The first-order valence-electron chi connectivity index (χ1n) is 8.68. The summed E-state index contributed by atoms with van der Waals surface area (Å²) in [7, 11) is 0. The number of likely N-dealkylation sites (tertiary alicyclic amines) is 1. The lowest BCUT2D eigenvalue weighted by Gasteiger charge is -2.25. The highest BCUT2D eigenvalue weighted by Gasteiger charge is 2.46. The molecule has 6 heteroatoms. The van der Waals surface area contributed by atoms with E-state index in [0.717, 1.165) is 4.88 Å². The Bertz CT molecular complexity index is 1040. The SMILES string of the molecule is O=C1C(=O)N(Cc2cccs2)C(c2ccc(F)cc2)/C1=C(/O)c1ccccc1. The minimum absolute atomic E-state index is 0.0133. The smallest absolute Gasteiger partial charge is 0.295 e. The molecule has 0 saturated carbocycles. The fraction of sp³-hybridized carbons (Fsp3) is 0.0909. The Balaban J connectivity index is 1.86. The molecule has 28 heavy (non-hydrogen) atoms. The molecule has 2 heterocycles. The van der Waals surface area contributed by atoms with Crippen molar-refractivity contribution in [1.29, 1.82) is 0 Å². The van der Waals surface area contributed by atoms with E-state index in [1.54, 1.807) is 30.3 Å². The van der Waals surface area contributed by atoms with E-state index in [1.165, 1.54) is 40.5 Å². The molecule has 1 aromatic heterocycles. The van der Waals surface area contributed by atoms with Crippen LogP contribution < -0.4 is 0 Å². The third-order valence-corrected chi connectivity index (χ3v) is 5.54. The summed E-state index contributed by atoms with van der Waals surface area (Å²) >= 11 is 1.47. The summed E-state index contributed by atoms with van der Waals surface area (Å²) in [5.74, 6) is -2.07. The largest absolute Gasteiger partial charge is 0.507 e. The first-order valence-corrected chi connectivity index (χ1v) is 9.56. The van der Waals surface area contributed by atoms with Crippen LogP contribution in [0, 0.1) is 5.82 Å². The minimum atomic E-state index is -0.789. The van der Waals surface area contributed by atoms with Crippen LogP contribution in [0.15, 0.2) is 77.7 Å². The van der Waals surface area contributed by atoms with Gasteiger partial charge in [-0.25, -0.2) is 4.39 Å². The Hall–Kier alpha value is -3.25. The zero-order chi connectivity index (χ0) is 19.7. The predicted octanol–water partition coefficient (Wildman–Crippen LogP) is 4.51. The molecule has 0 bridgehead atoms. The average molecular weight is 393 g/mol. The van der Waals surface area contributed by atoms with Gasteiger partial charge in [-0.2, -0.15) is 0 Å². The zero-order valence-electron chi connectivity index (χ0n) is 14.7. The molecule has 1 atom stereocenters. The highest BCUT2D eigenvalue weighted by atomic mass is 32.1. The van der Waals surface area contributed by atoms with Crippen LogP contribution in [0.25, 0.3) is 5.76 Å². The summed E-state index contributed by atoms with van der Waals surface area (Å²) in [5.41, 5.74) is 1.03. The minimum Gasteiger partial charge on any atom is -0.507 e. The number of carbonyl (C=O) groups excluding carboxylic acids is 2. The number of halogens is 1. The number of hydrogen-bond donors (Lipinski definition) is 1. The maximum absolute atomic E-state index is 13.4. The van der Waals surface area contributed by atoms with Gasteiger partial charge in [0.1, 0.15) is 11.6 Å². The predicted molar refractivity (Wildman–Crippen MR) is 105 cm³/mol. The van der Waals surface area contributed by atoms with E-state index in [1.807, 2.05) is 17.5 Å². The van der Waals surface area contributed by atoms with Crippen LogP contribution in [-0.4, -0.2) is 21.7 Å². The lowest BCUT2D eigenvalue weighted by molar-refractivity contribution is -0.140. The molecular weight excluding hydrogens is 377 g/mol. The number of rotatable bonds is 4. The van der Waals surface area contributed by atoms with E-state index in [2.05, 4.69) is 0 Å². The highest BCUT2D eigenvalue weighted by molar-refractivity contribution is 7.09. The average Bonchev–Trinajstić information content (AvgIpc) is 3.31. The summed E-state index contributed by atoms with van der Waals surface area (Å²) in [6.45, 7) is 0.232. The topological polar surface area (TPSA) is 57.6 Å². The van der Waals surface area contributed by atoms with Gasteiger partial charge in [0.05, 0.1) is 18.2 Å². The van der Waals surface area contributed by atoms with Crippen LogP contribution in [0.1, 0.15) is 22.0 Å². The monoisotopic (exact) mass is 393 g/mol. The molecule has 2 aromatic carbocycles. The number of hydrogen-bond acceptors (Lipinski definition) is 4. The number of benzene rings is 2. The normalized spacial score (nSPS) is 18.6. The van der Waals surface area contributed by atoms with E-state index in [4.69, 9.17) is 0 Å². The Labute approximate surface area is 165 Å². The molecule has 1 unspecified atom stereocenters. The number of aliphatic hydroxyl groups is 1. The zero-order valence-corrected chi connectivity index (χ0v) is 15.5. The van der Waals surface area contributed by atoms with Gasteiger partial charge in [0.2, 0.25) is 0 Å². The van der Waals surface area contributed by atoms with Gasteiger partial charge in [-0.15, -0.1) is 11.3 Å². The summed E-state index contributed by atoms with van der Waals surface area (Å²) in [6, 6.07) is 17.2. The first kappa shape index (κ1) is 18.1. The molecule has 1 aliphatic rings. The van der Waals surface area contributed by atoms with Gasteiger partial charge in [0, 0.05) is 10.4 Å². The number of aliphatic hydroxyl groups excluding tert-OH is 1. The van der Waals surface area contributed by atoms with Crippen molar-refractivity contribution >= 4 is 28.8 Å². The molecule has 4 rings (SSSR count). The summed E-state index contributed by atoms with van der Waals surface area (Å²) < 4.78 is 13.4. The van der Waals surface area contributed by atoms with Crippen molar-refractivity contribution in [1.82, 2.24) is 4.90 Å². The molecule has 4 nitrogen and oxygen atoms in total. The summed E-state index contributed by atoms with van der Waals surface area (Å²) in [5, 5.41) is 12.7. The Morgan fingerprint density at radius 1 is 1.00 bits per heavy atom. The molecule has 3 aromatic rings. The Kier molecular flexibility index (Phi) is 4.79. The van der Waals surface area contributed by atoms with Crippen molar-refractivity contribution in [3.63, 3.8) is 0 Å². The van der Waals surface area contributed by atoms with Crippen LogP contribution in [0.3, 0.4) is 0 Å². The number of Topliss-reactive ketones (excluding diaryl/α,β-unsaturated/α-hetero) is 1. The third kappa shape index (κ3) is 3.23. The van der Waals surface area contributed by atoms with Crippen molar-refractivity contribution in [3.8, 4) is 0 Å². The molecule has 0 radical (unpaired) electrons. The van der Waals surface area contributed by atoms with Gasteiger partial charge >= 0.3 is 0 Å². The number of carbonyl (C=O) groups is 2. The van der Waals surface area contributed by atoms with Crippen LogP contribution >= 0.6 is 11.3 Å². The molecule has 0 spiro atoms. The van der Waals surface area contributed by atoms with Crippen LogP contribution in [-0.2, 0) is 16.1 Å². The van der Waals surface area contributed by atoms with E-state index in [9.17, 15) is 19.1 Å². The quantitative estimate of drug-likeness (QED) is 0.403. The molecule has 1 N–H and O–H groups in total. The molecule has 1 saturated heterocycles. The third-order valence-electron chi connectivity index (χ3n) is 4.68. The summed E-state index contributed by atoms with van der Waals surface area (Å²) in [4.78, 5) is 28.0. The van der Waals surface area contributed by atoms with Crippen LogP contribution in [0.4, 0.5) is 4.39 Å². The molecule has 140 valence electrons. The van der Waals surface area contributed by atoms with Crippen molar-refractivity contribution < 1.29 is 19.1 Å². The van der Waals surface area contributed by atoms with Crippen molar-refractivity contribution in [3.05, 3.63) is 99.5 Å². The fourth-order valence-corrected chi connectivity index (χ4v) is 4.06. The maximum atomic E-state index is 13.4. The van der Waals surface area contributed by atoms with E-state index in [0.29, 0.717) is 11.1 Å². The van der Waals surface area contributed by atoms with Crippen molar-refractivity contribution in [2.75, 3.05) is 0 Å². The number of thiophene rings is 1. The fourth-order valence-electron chi connectivity index (χ4n) is 3.36. The van der Waals surface area contributed by atoms with Crippen molar-refractivity contribution in [2.24, 2.45) is 0 Å². The lowest BCUT2D eigenvalue weighted by atomic mass is 9.95. The van der Waals surface area contributed by atoms with Crippen molar-refractivity contribution in [2.45, 2.75) is 12.6 Å². The molecule has 1 amide bonds. The first-order chi connectivity index (χ1) is 13.6. The van der Waals surface area contributed by atoms with Gasteiger partial charge in [0.25, 0.3) is 11.7 Å². The second-order valence-electron chi connectivity index (χ2n) is 6.42. The van der Waals surface area contributed by atoms with Crippen LogP contribution in [0.2, 0.25) is 0 Å². The van der Waals surface area contributed by atoms with Gasteiger partial charge < -0.3 is 10.0 Å². The number of ketones is 1. The second-order valence-corrected chi connectivity index (χ2v) is 7.46. The Morgan fingerprint density at radius 3 is 2.36 bits per heavy atom. The maximum Gasteiger partial charge on any atom is 0.295 e. The second kappa shape index (κ2) is 7.40.